The molecule has 0 radical (unpaired) electrons. The minimum Gasteiger partial charge on any atom is -0.489 e. The molecule has 1 saturated heterocycles. The molecular formula is C24H18ClFN2O2S. The van der Waals surface area contributed by atoms with Crippen molar-refractivity contribution in [2.75, 3.05) is 0 Å². The summed E-state index contributed by atoms with van der Waals surface area (Å²) in [5, 5.41) is 3.93. The number of amides is 1. The van der Waals surface area contributed by atoms with Crippen molar-refractivity contribution in [3.05, 3.63) is 99.2 Å². The van der Waals surface area contributed by atoms with E-state index in [1.807, 2.05) is 43.3 Å². The lowest BCUT2D eigenvalue weighted by atomic mass is 10.2. The summed E-state index contributed by atoms with van der Waals surface area (Å²) in [6.45, 7) is 2.24. The third kappa shape index (κ3) is 5.34. The average Bonchev–Trinajstić information content (AvgIpc) is 3.10. The number of nitrogens with zero attached hydrogens (tertiary/aromatic N) is 1. The van der Waals surface area contributed by atoms with Crippen LogP contribution in [-0.4, -0.2) is 11.1 Å². The molecule has 0 atom stereocenters. The topological polar surface area (TPSA) is 50.7 Å². The number of hydrogen-bond acceptors (Lipinski definition) is 4. The number of carbonyl (C=O) groups excluding carboxylic acids is 1. The molecule has 4 nitrogen and oxygen atoms in total. The van der Waals surface area contributed by atoms with Gasteiger partial charge < -0.3 is 10.1 Å². The Hall–Kier alpha value is -3.09. The zero-order valence-electron chi connectivity index (χ0n) is 16.6. The minimum absolute atomic E-state index is 0.194. The highest BCUT2D eigenvalue weighted by Crippen LogP contribution is 2.31. The molecule has 3 aromatic rings. The van der Waals surface area contributed by atoms with Gasteiger partial charge in [0.15, 0.2) is 5.17 Å². The number of halogens is 2. The van der Waals surface area contributed by atoms with E-state index in [-0.39, 0.29) is 11.7 Å². The van der Waals surface area contributed by atoms with Crippen molar-refractivity contribution >= 4 is 46.2 Å². The largest absolute Gasteiger partial charge is 0.489 e. The number of carbonyl (C=O) groups is 1. The lowest BCUT2D eigenvalue weighted by Gasteiger charge is -2.06. The standard InChI is InChI=1S/C24H18ClFN2O2S/c1-15-20(25)3-2-4-21(15)27-24-28-23(29)22(31-24)13-16-7-11-19(12-8-16)30-14-17-5-9-18(26)10-6-17/h2-13H,14H2,1H3,(H,27,28,29)/b22-13+. The number of benzene rings is 3. The van der Waals surface area contributed by atoms with Crippen molar-refractivity contribution in [1.82, 2.24) is 5.32 Å². The minimum atomic E-state index is -0.272. The summed E-state index contributed by atoms with van der Waals surface area (Å²) in [7, 11) is 0. The first-order valence-electron chi connectivity index (χ1n) is 9.50. The molecule has 0 spiro atoms. The molecule has 7 heteroatoms. The van der Waals surface area contributed by atoms with Crippen molar-refractivity contribution in [1.29, 1.82) is 0 Å². The molecule has 1 aliphatic rings. The Balaban J connectivity index is 1.42. The molecule has 156 valence electrons. The van der Waals surface area contributed by atoms with Crippen LogP contribution >= 0.6 is 23.4 Å². The molecule has 0 saturated carbocycles. The lowest BCUT2D eigenvalue weighted by molar-refractivity contribution is -0.115. The molecule has 1 fully saturated rings. The summed E-state index contributed by atoms with van der Waals surface area (Å²) in [6, 6.07) is 19.1. The Morgan fingerprint density at radius 3 is 2.58 bits per heavy atom. The monoisotopic (exact) mass is 452 g/mol. The van der Waals surface area contributed by atoms with Crippen molar-refractivity contribution < 1.29 is 13.9 Å². The molecule has 1 heterocycles. The van der Waals surface area contributed by atoms with Crippen LogP contribution in [0.15, 0.2) is 76.6 Å². The van der Waals surface area contributed by atoms with E-state index in [2.05, 4.69) is 10.3 Å². The van der Waals surface area contributed by atoms with Crippen LogP contribution in [0.4, 0.5) is 10.1 Å². The summed E-state index contributed by atoms with van der Waals surface area (Å²) in [6.07, 6.45) is 1.80. The molecule has 1 N–H and O–H groups in total. The number of aliphatic imine (C=N–C) groups is 1. The SMILES string of the molecule is Cc1c(Cl)cccc1N=C1NC(=O)/C(=C\c2ccc(OCc3ccc(F)cc3)cc2)S1. The van der Waals surface area contributed by atoms with Gasteiger partial charge in [0.05, 0.1) is 10.6 Å². The molecule has 1 aliphatic heterocycles. The fraction of sp³-hybridized carbons (Fsp3) is 0.0833. The van der Waals surface area contributed by atoms with E-state index in [1.54, 1.807) is 24.3 Å². The molecule has 0 unspecified atom stereocenters. The Labute approximate surface area is 188 Å². The van der Waals surface area contributed by atoms with E-state index in [9.17, 15) is 9.18 Å². The number of thioether (sulfide) groups is 1. The molecular weight excluding hydrogens is 435 g/mol. The number of rotatable bonds is 5. The third-order valence-electron chi connectivity index (χ3n) is 4.61. The van der Waals surface area contributed by atoms with Crippen LogP contribution in [0.1, 0.15) is 16.7 Å². The predicted octanol–water partition coefficient (Wildman–Crippen LogP) is 6.26. The molecule has 3 aromatic carbocycles. The van der Waals surface area contributed by atoms with Crippen LogP contribution in [-0.2, 0) is 11.4 Å². The van der Waals surface area contributed by atoms with Gasteiger partial charge in [0, 0.05) is 5.02 Å². The molecule has 4 rings (SSSR count). The van der Waals surface area contributed by atoms with Crippen LogP contribution in [0.5, 0.6) is 5.75 Å². The molecule has 0 aromatic heterocycles. The smallest absolute Gasteiger partial charge is 0.264 e. The van der Waals surface area contributed by atoms with E-state index >= 15 is 0 Å². The van der Waals surface area contributed by atoms with E-state index in [0.29, 0.717) is 27.5 Å². The summed E-state index contributed by atoms with van der Waals surface area (Å²) in [5.41, 5.74) is 3.33. The Bertz CT molecular complexity index is 1180. The molecule has 0 bridgehead atoms. The Morgan fingerprint density at radius 2 is 1.84 bits per heavy atom. The van der Waals surface area contributed by atoms with Gasteiger partial charge in [-0.25, -0.2) is 9.38 Å². The quantitative estimate of drug-likeness (QED) is 0.465. The van der Waals surface area contributed by atoms with Crippen LogP contribution in [0.25, 0.3) is 6.08 Å². The first kappa shape index (κ1) is 21.2. The highest BCUT2D eigenvalue weighted by Gasteiger charge is 2.24. The van der Waals surface area contributed by atoms with Crippen LogP contribution < -0.4 is 10.1 Å². The normalized spacial score (nSPS) is 16.0. The molecule has 1 amide bonds. The van der Waals surface area contributed by atoms with Crippen LogP contribution in [0.3, 0.4) is 0 Å². The second-order valence-corrected chi connectivity index (χ2v) is 8.29. The summed E-state index contributed by atoms with van der Waals surface area (Å²) >= 11 is 7.42. The zero-order valence-corrected chi connectivity index (χ0v) is 18.1. The molecule has 0 aliphatic carbocycles. The maximum atomic E-state index is 13.0. The van der Waals surface area contributed by atoms with Crippen molar-refractivity contribution in [3.63, 3.8) is 0 Å². The number of amidine groups is 1. The van der Waals surface area contributed by atoms with E-state index in [1.165, 1.54) is 23.9 Å². The van der Waals surface area contributed by atoms with Gasteiger partial charge in [-0.2, -0.15) is 0 Å². The first-order valence-corrected chi connectivity index (χ1v) is 10.7. The van der Waals surface area contributed by atoms with Gasteiger partial charge in [-0.05, 0) is 77.9 Å². The van der Waals surface area contributed by atoms with Gasteiger partial charge >= 0.3 is 0 Å². The van der Waals surface area contributed by atoms with Crippen molar-refractivity contribution in [2.24, 2.45) is 4.99 Å². The summed E-state index contributed by atoms with van der Waals surface area (Å²) in [4.78, 5) is 17.4. The second-order valence-electron chi connectivity index (χ2n) is 6.85. The van der Waals surface area contributed by atoms with Gasteiger partial charge in [0.2, 0.25) is 0 Å². The van der Waals surface area contributed by atoms with E-state index in [4.69, 9.17) is 16.3 Å². The van der Waals surface area contributed by atoms with E-state index in [0.717, 1.165) is 22.4 Å². The van der Waals surface area contributed by atoms with Gasteiger partial charge in [0.25, 0.3) is 5.91 Å². The zero-order chi connectivity index (χ0) is 21.8. The van der Waals surface area contributed by atoms with Crippen LogP contribution in [0, 0.1) is 12.7 Å². The first-order chi connectivity index (χ1) is 15.0. The highest BCUT2D eigenvalue weighted by molar-refractivity contribution is 8.18. The maximum Gasteiger partial charge on any atom is 0.264 e. The average molecular weight is 453 g/mol. The van der Waals surface area contributed by atoms with E-state index < -0.39 is 0 Å². The lowest BCUT2D eigenvalue weighted by Crippen LogP contribution is -2.19. The Morgan fingerprint density at radius 1 is 1.10 bits per heavy atom. The summed E-state index contributed by atoms with van der Waals surface area (Å²) in [5.74, 6) is 0.222. The fourth-order valence-electron chi connectivity index (χ4n) is 2.87. The van der Waals surface area contributed by atoms with Gasteiger partial charge in [-0.3, -0.25) is 4.79 Å². The van der Waals surface area contributed by atoms with Crippen molar-refractivity contribution in [2.45, 2.75) is 13.5 Å². The number of ether oxygens (including phenoxy) is 1. The van der Waals surface area contributed by atoms with Gasteiger partial charge in [-0.1, -0.05) is 41.9 Å². The third-order valence-corrected chi connectivity index (χ3v) is 5.93. The van der Waals surface area contributed by atoms with Gasteiger partial charge in [-0.15, -0.1) is 0 Å². The fourth-order valence-corrected chi connectivity index (χ4v) is 3.87. The molecule has 31 heavy (non-hydrogen) atoms. The number of nitrogens with one attached hydrogen (secondary N) is 1. The highest BCUT2D eigenvalue weighted by atomic mass is 35.5. The second kappa shape index (κ2) is 9.37. The predicted molar refractivity (Wildman–Crippen MR) is 124 cm³/mol. The van der Waals surface area contributed by atoms with Crippen LogP contribution in [0.2, 0.25) is 5.02 Å². The summed E-state index contributed by atoms with van der Waals surface area (Å²) < 4.78 is 18.7. The maximum absolute atomic E-state index is 13.0. The number of hydrogen-bond donors (Lipinski definition) is 1. The Kier molecular flexibility index (Phi) is 6.39. The van der Waals surface area contributed by atoms with Crippen molar-refractivity contribution in [3.8, 4) is 5.75 Å². The van der Waals surface area contributed by atoms with Gasteiger partial charge in [0.1, 0.15) is 18.2 Å².